The zero-order valence-electron chi connectivity index (χ0n) is 11.5. The molecule has 1 aromatic rings. The van der Waals surface area contributed by atoms with Crippen molar-refractivity contribution in [1.29, 1.82) is 0 Å². The number of thiazole rings is 1. The minimum Gasteiger partial charge on any atom is -0.356 e. The normalized spacial score (nSPS) is 21.8. The van der Waals surface area contributed by atoms with Gasteiger partial charge in [-0.25, -0.2) is 4.98 Å². The molecule has 2 rings (SSSR count). The van der Waals surface area contributed by atoms with E-state index in [2.05, 4.69) is 23.3 Å². The standard InChI is InChI=1S/C14H21N3OS/c1-9-10(2)19-14(17-9)5-6-16-13(18)8-11-3-4-12(15)7-11/h3-4,11-12H,5-8,15H2,1-2H3,(H,16,18)/t11-,12+/m0/s1. The van der Waals surface area contributed by atoms with Crippen molar-refractivity contribution in [1.82, 2.24) is 10.3 Å². The second-order valence-electron chi connectivity index (χ2n) is 5.10. The van der Waals surface area contributed by atoms with E-state index in [0.29, 0.717) is 18.9 Å². The number of amides is 1. The molecule has 2 atom stereocenters. The lowest BCUT2D eigenvalue weighted by atomic mass is 10.0. The van der Waals surface area contributed by atoms with Crippen molar-refractivity contribution in [2.24, 2.45) is 11.7 Å². The molecule has 0 unspecified atom stereocenters. The zero-order chi connectivity index (χ0) is 13.8. The summed E-state index contributed by atoms with van der Waals surface area (Å²) in [5.74, 6) is 0.410. The maximum atomic E-state index is 11.8. The van der Waals surface area contributed by atoms with Crippen LogP contribution < -0.4 is 11.1 Å². The first-order chi connectivity index (χ1) is 9.04. The van der Waals surface area contributed by atoms with Gasteiger partial charge in [-0.15, -0.1) is 11.3 Å². The summed E-state index contributed by atoms with van der Waals surface area (Å²) in [6, 6.07) is 0.124. The molecule has 0 saturated carbocycles. The number of rotatable bonds is 5. The molecule has 0 radical (unpaired) electrons. The van der Waals surface area contributed by atoms with E-state index in [4.69, 9.17) is 5.73 Å². The van der Waals surface area contributed by atoms with Crippen molar-refractivity contribution in [3.8, 4) is 0 Å². The van der Waals surface area contributed by atoms with Crippen LogP contribution in [0.15, 0.2) is 12.2 Å². The van der Waals surface area contributed by atoms with E-state index in [1.807, 2.05) is 13.0 Å². The van der Waals surface area contributed by atoms with Gasteiger partial charge in [0, 0.05) is 30.3 Å². The Balaban J connectivity index is 1.68. The van der Waals surface area contributed by atoms with Crippen molar-refractivity contribution in [3.05, 3.63) is 27.7 Å². The summed E-state index contributed by atoms with van der Waals surface area (Å²) in [5, 5.41) is 4.05. The largest absolute Gasteiger partial charge is 0.356 e. The van der Waals surface area contributed by atoms with E-state index >= 15 is 0 Å². The van der Waals surface area contributed by atoms with Gasteiger partial charge in [0.25, 0.3) is 0 Å². The molecule has 0 spiro atoms. The van der Waals surface area contributed by atoms with Crippen LogP contribution in [0.25, 0.3) is 0 Å². The highest BCUT2D eigenvalue weighted by molar-refractivity contribution is 7.11. The Morgan fingerprint density at radius 2 is 2.32 bits per heavy atom. The van der Waals surface area contributed by atoms with Crippen LogP contribution >= 0.6 is 11.3 Å². The summed E-state index contributed by atoms with van der Waals surface area (Å²) in [7, 11) is 0. The molecule has 0 saturated heterocycles. The summed E-state index contributed by atoms with van der Waals surface area (Å²) < 4.78 is 0. The molecule has 5 heteroatoms. The third-order valence-corrected chi connectivity index (χ3v) is 4.52. The monoisotopic (exact) mass is 279 g/mol. The molecule has 0 aliphatic heterocycles. The number of carbonyl (C=O) groups excluding carboxylic acids is 1. The Morgan fingerprint density at radius 3 is 2.89 bits per heavy atom. The first-order valence-electron chi connectivity index (χ1n) is 6.68. The predicted molar refractivity (Wildman–Crippen MR) is 78.1 cm³/mol. The number of allylic oxidation sites excluding steroid dienone is 1. The van der Waals surface area contributed by atoms with Crippen molar-refractivity contribution >= 4 is 17.2 Å². The highest BCUT2D eigenvalue weighted by Crippen LogP contribution is 2.19. The number of aromatic nitrogens is 1. The van der Waals surface area contributed by atoms with Gasteiger partial charge in [-0.2, -0.15) is 0 Å². The lowest BCUT2D eigenvalue weighted by Gasteiger charge is -2.09. The van der Waals surface area contributed by atoms with Crippen LogP contribution in [0.4, 0.5) is 0 Å². The minimum absolute atomic E-state index is 0.105. The van der Waals surface area contributed by atoms with Gasteiger partial charge in [0.1, 0.15) is 0 Å². The molecule has 1 amide bonds. The van der Waals surface area contributed by atoms with E-state index < -0.39 is 0 Å². The third-order valence-electron chi connectivity index (χ3n) is 3.39. The number of nitrogens with two attached hydrogens (primary N) is 1. The Morgan fingerprint density at radius 1 is 1.53 bits per heavy atom. The number of carbonyl (C=O) groups is 1. The third kappa shape index (κ3) is 4.14. The fraction of sp³-hybridized carbons (Fsp3) is 0.571. The topological polar surface area (TPSA) is 68.0 Å². The summed E-state index contributed by atoms with van der Waals surface area (Å²) in [6.07, 6.45) is 6.28. The Bertz CT molecular complexity index is 462. The number of nitrogens with one attached hydrogen (secondary N) is 1. The molecule has 104 valence electrons. The number of aryl methyl sites for hydroxylation is 2. The lowest BCUT2D eigenvalue weighted by Crippen LogP contribution is -2.27. The van der Waals surface area contributed by atoms with Crippen molar-refractivity contribution in [2.75, 3.05) is 6.54 Å². The van der Waals surface area contributed by atoms with Gasteiger partial charge in [-0.3, -0.25) is 4.79 Å². The Labute approximate surface area is 118 Å². The van der Waals surface area contributed by atoms with Gasteiger partial charge in [0.2, 0.25) is 5.91 Å². The quantitative estimate of drug-likeness (QED) is 0.806. The molecule has 1 aliphatic carbocycles. The number of hydrogen-bond acceptors (Lipinski definition) is 4. The average molecular weight is 279 g/mol. The van der Waals surface area contributed by atoms with Crippen molar-refractivity contribution < 1.29 is 4.79 Å². The van der Waals surface area contributed by atoms with E-state index in [-0.39, 0.29) is 11.9 Å². The molecule has 0 bridgehead atoms. The lowest BCUT2D eigenvalue weighted by molar-refractivity contribution is -0.121. The van der Waals surface area contributed by atoms with Crippen LogP contribution in [0, 0.1) is 19.8 Å². The van der Waals surface area contributed by atoms with E-state index in [9.17, 15) is 4.79 Å². The molecule has 1 aromatic heterocycles. The fourth-order valence-corrected chi connectivity index (χ4v) is 3.16. The SMILES string of the molecule is Cc1nc(CCNC(=O)C[C@H]2C=C[C@@H](N)C2)sc1C. The van der Waals surface area contributed by atoms with Crippen LogP contribution in [0.2, 0.25) is 0 Å². The predicted octanol–water partition coefficient (Wildman–Crippen LogP) is 1.71. The van der Waals surface area contributed by atoms with Crippen LogP contribution in [-0.4, -0.2) is 23.5 Å². The van der Waals surface area contributed by atoms with Crippen LogP contribution in [0.3, 0.4) is 0 Å². The second kappa shape index (κ2) is 6.30. The molecule has 3 N–H and O–H groups in total. The summed E-state index contributed by atoms with van der Waals surface area (Å²) >= 11 is 1.71. The van der Waals surface area contributed by atoms with Crippen molar-refractivity contribution in [3.63, 3.8) is 0 Å². The van der Waals surface area contributed by atoms with Crippen LogP contribution in [0.1, 0.15) is 28.4 Å². The molecule has 0 fully saturated rings. The van der Waals surface area contributed by atoms with Crippen LogP contribution in [-0.2, 0) is 11.2 Å². The number of nitrogens with zero attached hydrogens (tertiary/aromatic N) is 1. The second-order valence-corrected chi connectivity index (χ2v) is 6.39. The zero-order valence-corrected chi connectivity index (χ0v) is 12.3. The Kier molecular flexibility index (Phi) is 4.71. The summed E-state index contributed by atoms with van der Waals surface area (Å²) in [5.41, 5.74) is 6.86. The average Bonchev–Trinajstić information content (AvgIpc) is 2.86. The van der Waals surface area contributed by atoms with Gasteiger partial charge < -0.3 is 11.1 Å². The van der Waals surface area contributed by atoms with Gasteiger partial charge >= 0.3 is 0 Å². The molecule has 0 aromatic carbocycles. The molecule has 1 aliphatic rings. The fourth-order valence-electron chi connectivity index (χ4n) is 2.22. The van der Waals surface area contributed by atoms with Crippen LogP contribution in [0.5, 0.6) is 0 Å². The highest BCUT2D eigenvalue weighted by atomic mass is 32.1. The molecular weight excluding hydrogens is 258 g/mol. The van der Waals surface area contributed by atoms with Gasteiger partial charge in [-0.05, 0) is 26.2 Å². The molecule has 4 nitrogen and oxygen atoms in total. The maximum absolute atomic E-state index is 11.8. The smallest absolute Gasteiger partial charge is 0.220 e. The minimum atomic E-state index is 0.105. The first-order valence-corrected chi connectivity index (χ1v) is 7.49. The Hall–Kier alpha value is -1.20. The van der Waals surface area contributed by atoms with E-state index in [1.54, 1.807) is 11.3 Å². The number of hydrogen-bond donors (Lipinski definition) is 2. The van der Waals surface area contributed by atoms with E-state index in [0.717, 1.165) is 23.5 Å². The summed E-state index contributed by atoms with van der Waals surface area (Å²) in [4.78, 5) is 17.5. The van der Waals surface area contributed by atoms with Gasteiger partial charge in [-0.1, -0.05) is 12.2 Å². The molecular formula is C14H21N3OS. The van der Waals surface area contributed by atoms with Gasteiger partial charge in [0.15, 0.2) is 0 Å². The first kappa shape index (κ1) is 14.2. The summed E-state index contributed by atoms with van der Waals surface area (Å²) in [6.45, 7) is 4.75. The molecule has 19 heavy (non-hydrogen) atoms. The maximum Gasteiger partial charge on any atom is 0.220 e. The highest BCUT2D eigenvalue weighted by Gasteiger charge is 2.18. The van der Waals surface area contributed by atoms with Crippen molar-refractivity contribution in [2.45, 2.75) is 39.2 Å². The van der Waals surface area contributed by atoms with E-state index in [1.165, 1.54) is 4.88 Å². The van der Waals surface area contributed by atoms with Gasteiger partial charge in [0.05, 0.1) is 10.7 Å². The molecule has 1 heterocycles.